The van der Waals surface area contributed by atoms with Gasteiger partial charge < -0.3 is 39.8 Å². The van der Waals surface area contributed by atoms with E-state index in [0.29, 0.717) is 37.4 Å². The van der Waals surface area contributed by atoms with Crippen LogP contribution in [0.5, 0.6) is 0 Å². The molecule has 1 aromatic rings. The Morgan fingerprint density at radius 1 is 1.17 bits per heavy atom. The Hall–Kier alpha value is -2.29. The number of allylic oxidation sites excluding steroid dienone is 2. The van der Waals surface area contributed by atoms with Gasteiger partial charge in [-0.2, -0.15) is 0 Å². The van der Waals surface area contributed by atoms with Gasteiger partial charge in [-0.1, -0.05) is 30.4 Å². The van der Waals surface area contributed by atoms with Gasteiger partial charge in [-0.15, -0.1) is 0 Å². The number of methoxy groups -OCH3 is 1. The normalized spacial score (nSPS) is 18.4. The summed E-state index contributed by atoms with van der Waals surface area (Å²) in [5, 5.41) is 50.5. The summed E-state index contributed by atoms with van der Waals surface area (Å²) in [7, 11) is 1.54. The molecule has 1 aliphatic carbocycles. The molecule has 0 aromatic heterocycles. The van der Waals surface area contributed by atoms with Gasteiger partial charge in [-0.3, -0.25) is 14.5 Å². The fourth-order valence-corrected chi connectivity index (χ4v) is 4.10. The van der Waals surface area contributed by atoms with Crippen molar-refractivity contribution in [3.63, 3.8) is 0 Å². The van der Waals surface area contributed by atoms with Crippen LogP contribution in [0.2, 0.25) is 0 Å². The molecule has 0 bridgehead atoms. The maximum absolute atomic E-state index is 12.4. The van der Waals surface area contributed by atoms with Gasteiger partial charge in [0.1, 0.15) is 6.23 Å². The highest BCUT2D eigenvalue weighted by Gasteiger charge is 2.33. The van der Waals surface area contributed by atoms with Crippen molar-refractivity contribution in [3.8, 4) is 0 Å². The Labute approximate surface area is 214 Å². The van der Waals surface area contributed by atoms with Crippen LogP contribution in [0.25, 0.3) is 5.57 Å². The summed E-state index contributed by atoms with van der Waals surface area (Å²) in [5.74, 6) is -3.71. The van der Waals surface area contributed by atoms with E-state index in [1.807, 2.05) is 0 Å². The quantitative estimate of drug-likeness (QED) is 0.0906. The van der Waals surface area contributed by atoms with E-state index in [1.54, 1.807) is 29.4 Å². The number of amides is 1. The molecule has 3 unspecified atom stereocenters. The number of benzene rings is 1. The fourth-order valence-electron chi connectivity index (χ4n) is 3.86. The second kappa shape index (κ2) is 15.1. The molecule has 0 saturated heterocycles. The van der Waals surface area contributed by atoms with Crippen LogP contribution in [0.3, 0.4) is 0 Å². The number of nitrogens with one attached hydrogen (secondary N) is 1. The van der Waals surface area contributed by atoms with Gasteiger partial charge in [0.05, 0.1) is 31.6 Å². The van der Waals surface area contributed by atoms with Crippen molar-refractivity contribution in [3.05, 3.63) is 53.1 Å². The molecule has 200 valence electrons. The fraction of sp³-hybridized carbons (Fsp3) is 0.500. The summed E-state index contributed by atoms with van der Waals surface area (Å²) in [6.45, 7) is 1.44. The van der Waals surface area contributed by atoms with Gasteiger partial charge in [0.15, 0.2) is 12.9 Å². The van der Waals surface area contributed by atoms with Crippen LogP contribution in [-0.4, -0.2) is 95.1 Å². The van der Waals surface area contributed by atoms with Crippen molar-refractivity contribution in [2.24, 2.45) is 11.8 Å². The zero-order chi connectivity index (χ0) is 26.7. The summed E-state index contributed by atoms with van der Waals surface area (Å²) in [4.78, 5) is 26.0. The minimum Gasteiger partial charge on any atom is -0.481 e. The second-order valence-corrected chi connectivity index (χ2v) is 8.59. The van der Waals surface area contributed by atoms with E-state index in [2.05, 4.69) is 5.32 Å². The van der Waals surface area contributed by atoms with Crippen LogP contribution in [0, 0.1) is 11.8 Å². The van der Waals surface area contributed by atoms with Gasteiger partial charge in [0.25, 0.3) is 0 Å². The molecule has 1 aliphatic rings. The number of hydrogen-bond donors (Lipinski definition) is 5. The zero-order valence-electron chi connectivity index (χ0n) is 20.3. The molecule has 0 fully saturated rings. The molecule has 11 nitrogen and oxygen atoms in total. The Bertz CT molecular complexity index is 938. The summed E-state index contributed by atoms with van der Waals surface area (Å²) in [5.41, 5.74) is 1.38. The summed E-state index contributed by atoms with van der Waals surface area (Å²) in [6.07, 6.45) is 3.29. The lowest BCUT2D eigenvalue weighted by molar-refractivity contribution is -0.144. The molecule has 0 aliphatic heterocycles. The van der Waals surface area contributed by atoms with E-state index in [4.69, 9.17) is 14.0 Å². The number of carboxylic acids is 1. The number of carboxylic acid groups (broad SMARTS) is 1. The van der Waals surface area contributed by atoms with Crippen LogP contribution >= 0.6 is 12.0 Å². The van der Waals surface area contributed by atoms with Crippen molar-refractivity contribution in [2.45, 2.75) is 12.5 Å². The predicted molar refractivity (Wildman–Crippen MR) is 135 cm³/mol. The van der Waals surface area contributed by atoms with E-state index >= 15 is 0 Å². The molecule has 36 heavy (non-hydrogen) atoms. The van der Waals surface area contributed by atoms with Crippen LogP contribution in [0.4, 0.5) is 0 Å². The minimum absolute atomic E-state index is 0.0139. The number of carbonyl (C=O) groups is 2. The van der Waals surface area contributed by atoms with Crippen molar-refractivity contribution in [1.82, 2.24) is 10.2 Å². The molecule has 0 saturated carbocycles. The number of rotatable bonds is 15. The lowest BCUT2D eigenvalue weighted by atomic mass is 9.83. The molecule has 12 heteroatoms. The van der Waals surface area contributed by atoms with Crippen molar-refractivity contribution in [2.75, 3.05) is 52.8 Å². The average Bonchev–Trinajstić information content (AvgIpc) is 2.88. The monoisotopic (exact) mass is 527 g/mol. The Balaban J connectivity index is 2.41. The average molecular weight is 528 g/mol. The third kappa shape index (κ3) is 8.11. The molecular weight excluding hydrogens is 492 g/mol. The third-order valence-corrected chi connectivity index (χ3v) is 6.13. The molecule has 1 aromatic carbocycles. The minimum atomic E-state index is -1.84. The van der Waals surface area contributed by atoms with Gasteiger partial charge in [0, 0.05) is 37.6 Å². The lowest BCUT2D eigenvalue weighted by Gasteiger charge is -2.30. The predicted octanol–water partition coefficient (Wildman–Crippen LogP) is 0.0147. The standard InChI is InChI=1S/C24H34N2O9S/c1-34-11-8-26(9-12-35-36-2)22(29)19-13-15(4-6-18(19)23(30)31)16-3-5-17(20(14-16)24(32)33)21(28)25-7-10-27/h3-6,13-14,17,20,22-23,27,29-31H,7-12H2,1-2H3,(H,25,28)(H,32,33)/p+1. The summed E-state index contributed by atoms with van der Waals surface area (Å²) >= 11 is 1.19. The molecule has 0 radical (unpaired) electrons. The number of ether oxygens (including phenoxy) is 1. The number of aliphatic hydroxyl groups excluding tert-OH is 2. The molecule has 1 amide bonds. The number of aliphatic hydroxyl groups is 3. The van der Waals surface area contributed by atoms with Crippen LogP contribution in [0.15, 0.2) is 36.4 Å². The van der Waals surface area contributed by atoms with Gasteiger partial charge in [-0.25, -0.2) is 0 Å². The van der Waals surface area contributed by atoms with Crippen LogP contribution in [0.1, 0.15) is 29.2 Å². The SMILES string of the molecule is COCCN(CCOSC)C(O)c1cc(C2=CC(C(=O)O)C(C(=O)NCC[OH2+])C=C2)ccc1C(O)O. The van der Waals surface area contributed by atoms with Crippen LogP contribution in [-0.2, 0) is 18.5 Å². The first-order valence-corrected chi connectivity index (χ1v) is 12.5. The van der Waals surface area contributed by atoms with E-state index < -0.39 is 36.2 Å². The van der Waals surface area contributed by atoms with Crippen LogP contribution < -0.4 is 5.32 Å². The second-order valence-electron chi connectivity index (χ2n) is 8.02. The Morgan fingerprint density at radius 2 is 1.89 bits per heavy atom. The highest BCUT2D eigenvalue weighted by molar-refractivity contribution is 7.93. The van der Waals surface area contributed by atoms with E-state index in [1.165, 1.54) is 37.4 Å². The van der Waals surface area contributed by atoms with Crippen molar-refractivity contribution >= 4 is 29.5 Å². The highest BCUT2D eigenvalue weighted by atomic mass is 32.2. The topological polar surface area (TPSA) is 172 Å². The maximum atomic E-state index is 12.4. The van der Waals surface area contributed by atoms with E-state index in [0.717, 1.165) is 0 Å². The first-order valence-electron chi connectivity index (χ1n) is 11.4. The zero-order valence-corrected chi connectivity index (χ0v) is 21.1. The lowest BCUT2D eigenvalue weighted by Crippen LogP contribution is -2.38. The maximum Gasteiger partial charge on any atom is 0.311 e. The first-order chi connectivity index (χ1) is 17.2. The van der Waals surface area contributed by atoms with Gasteiger partial charge in [0.2, 0.25) is 5.91 Å². The number of nitrogens with zero attached hydrogens (tertiary/aromatic N) is 1. The molecule has 0 heterocycles. The largest absolute Gasteiger partial charge is 0.481 e. The van der Waals surface area contributed by atoms with E-state index in [-0.39, 0.29) is 24.3 Å². The molecule has 7 N–H and O–H groups in total. The number of hydrogen-bond acceptors (Lipinski definition) is 9. The first kappa shape index (κ1) is 29.9. The Morgan fingerprint density at radius 3 is 2.50 bits per heavy atom. The highest BCUT2D eigenvalue weighted by Crippen LogP contribution is 2.33. The third-order valence-electron chi connectivity index (χ3n) is 5.73. The molecular formula is C24H35N2O9S+. The molecule has 0 spiro atoms. The molecule has 3 atom stereocenters. The van der Waals surface area contributed by atoms with Crippen molar-refractivity contribution in [1.29, 1.82) is 0 Å². The number of carbonyl (C=O) groups excluding carboxylic acids is 1. The van der Waals surface area contributed by atoms with Gasteiger partial charge in [-0.05, 0) is 29.2 Å². The molecule has 2 rings (SSSR count). The Kier molecular flexibility index (Phi) is 12.5. The number of aliphatic carboxylic acids is 1. The summed E-state index contributed by atoms with van der Waals surface area (Å²) < 4.78 is 10.5. The van der Waals surface area contributed by atoms with E-state index in [9.17, 15) is 30.0 Å². The van der Waals surface area contributed by atoms with Gasteiger partial charge >= 0.3 is 5.97 Å². The van der Waals surface area contributed by atoms with Crippen molar-refractivity contribution < 1.29 is 44.0 Å². The smallest absolute Gasteiger partial charge is 0.311 e. The summed E-state index contributed by atoms with van der Waals surface area (Å²) in [6, 6.07) is 4.63.